The molecule has 0 atom stereocenters. The van der Waals surface area contributed by atoms with Crippen LogP contribution in [0.5, 0.6) is 5.75 Å². The average Bonchev–Trinajstić information content (AvgIpc) is 2.30. The zero-order valence-corrected chi connectivity index (χ0v) is 8.76. The summed E-state index contributed by atoms with van der Waals surface area (Å²) in [6.45, 7) is 2.13. The number of para-hydroxylation sites is 2. The van der Waals surface area contributed by atoms with Crippen molar-refractivity contribution in [1.29, 1.82) is 0 Å². The maximum Gasteiger partial charge on any atom is 0.138 e. The molecule has 1 fully saturated rings. The zero-order chi connectivity index (χ0) is 10.7. The number of anilines is 1. The molecule has 2 rings (SSSR count). The number of rotatable bonds is 2. The van der Waals surface area contributed by atoms with Gasteiger partial charge in [0.05, 0.1) is 5.69 Å². The first-order valence-electron chi connectivity index (χ1n) is 5.45. The highest BCUT2D eigenvalue weighted by molar-refractivity contribution is 5.57. The van der Waals surface area contributed by atoms with Crippen LogP contribution in [0.1, 0.15) is 12.8 Å². The quantitative estimate of drug-likeness (QED) is 0.774. The number of aliphatic hydroxyl groups excluding tert-OH is 1. The third-order valence-electron chi connectivity index (χ3n) is 3.10. The van der Waals surface area contributed by atoms with E-state index < -0.39 is 0 Å². The van der Waals surface area contributed by atoms with Crippen molar-refractivity contribution in [2.75, 3.05) is 24.6 Å². The van der Waals surface area contributed by atoms with Gasteiger partial charge in [0.1, 0.15) is 5.75 Å². The molecule has 1 aliphatic rings. The molecule has 82 valence electrons. The van der Waals surface area contributed by atoms with Crippen LogP contribution in [0.15, 0.2) is 24.3 Å². The van der Waals surface area contributed by atoms with Crippen molar-refractivity contribution < 1.29 is 10.2 Å². The summed E-state index contributed by atoms with van der Waals surface area (Å²) in [5.41, 5.74) is 0.911. The molecule has 0 amide bonds. The van der Waals surface area contributed by atoms with Crippen LogP contribution >= 0.6 is 0 Å². The van der Waals surface area contributed by atoms with Crippen LogP contribution in [0.25, 0.3) is 0 Å². The van der Waals surface area contributed by atoms with Crippen LogP contribution in [0.2, 0.25) is 0 Å². The molecule has 0 radical (unpaired) electrons. The Hall–Kier alpha value is -1.22. The van der Waals surface area contributed by atoms with Gasteiger partial charge in [-0.15, -0.1) is 0 Å². The van der Waals surface area contributed by atoms with Crippen LogP contribution in [0.4, 0.5) is 5.69 Å². The monoisotopic (exact) mass is 207 g/mol. The summed E-state index contributed by atoms with van der Waals surface area (Å²) in [6, 6.07) is 7.43. The fraction of sp³-hybridized carbons (Fsp3) is 0.500. The molecule has 1 saturated heterocycles. The predicted molar refractivity (Wildman–Crippen MR) is 60.1 cm³/mol. The van der Waals surface area contributed by atoms with Crippen molar-refractivity contribution in [1.82, 2.24) is 0 Å². The number of nitrogens with zero attached hydrogens (tertiary/aromatic N) is 1. The Morgan fingerprint density at radius 1 is 1.20 bits per heavy atom. The third kappa shape index (κ3) is 2.23. The lowest BCUT2D eigenvalue weighted by atomic mass is 9.97. The van der Waals surface area contributed by atoms with E-state index in [1.807, 2.05) is 18.2 Å². The maximum atomic E-state index is 9.69. The van der Waals surface area contributed by atoms with Crippen LogP contribution in [-0.2, 0) is 0 Å². The minimum atomic E-state index is 0.286. The first-order valence-corrected chi connectivity index (χ1v) is 5.45. The Kier molecular flexibility index (Phi) is 3.11. The van der Waals surface area contributed by atoms with Crippen LogP contribution in [0.3, 0.4) is 0 Å². The van der Waals surface area contributed by atoms with Crippen molar-refractivity contribution >= 4 is 5.69 Å². The number of hydrogen-bond donors (Lipinski definition) is 2. The van der Waals surface area contributed by atoms with Gasteiger partial charge < -0.3 is 15.1 Å². The normalized spacial score (nSPS) is 18.1. The summed E-state index contributed by atoms with van der Waals surface area (Å²) in [4.78, 5) is 2.18. The van der Waals surface area contributed by atoms with Crippen LogP contribution < -0.4 is 4.90 Å². The molecule has 1 aromatic rings. The topological polar surface area (TPSA) is 43.7 Å². The first kappa shape index (κ1) is 10.3. The Labute approximate surface area is 90.0 Å². The van der Waals surface area contributed by atoms with E-state index in [1.54, 1.807) is 6.07 Å². The van der Waals surface area contributed by atoms with Crippen LogP contribution in [0, 0.1) is 5.92 Å². The molecule has 0 bridgehead atoms. The fourth-order valence-corrected chi connectivity index (χ4v) is 2.09. The molecule has 3 heteroatoms. The second-order valence-corrected chi connectivity index (χ2v) is 4.10. The molecule has 0 spiro atoms. The van der Waals surface area contributed by atoms with Gasteiger partial charge in [-0.25, -0.2) is 0 Å². The lowest BCUT2D eigenvalue weighted by Crippen LogP contribution is -2.34. The van der Waals surface area contributed by atoms with E-state index in [1.165, 1.54) is 0 Å². The molecule has 15 heavy (non-hydrogen) atoms. The van der Waals surface area contributed by atoms with Gasteiger partial charge in [0.2, 0.25) is 0 Å². The molecule has 0 unspecified atom stereocenters. The predicted octanol–water partition coefficient (Wildman–Crippen LogP) is 1.60. The third-order valence-corrected chi connectivity index (χ3v) is 3.10. The van der Waals surface area contributed by atoms with Crippen molar-refractivity contribution in [2.24, 2.45) is 5.92 Å². The average molecular weight is 207 g/mol. The summed E-state index contributed by atoms with van der Waals surface area (Å²) in [5, 5.41) is 18.7. The standard InChI is InChI=1S/C12H17NO2/c14-9-10-5-7-13(8-6-10)11-3-1-2-4-12(11)15/h1-4,10,14-15H,5-9H2. The first-order chi connectivity index (χ1) is 7.31. The molecule has 3 nitrogen and oxygen atoms in total. The van der Waals surface area contributed by atoms with E-state index in [0.29, 0.717) is 11.7 Å². The Balaban J connectivity index is 2.04. The number of aliphatic hydroxyl groups is 1. The summed E-state index contributed by atoms with van der Waals surface area (Å²) in [5.74, 6) is 0.784. The number of hydrogen-bond acceptors (Lipinski definition) is 3. The zero-order valence-electron chi connectivity index (χ0n) is 8.76. The van der Waals surface area contributed by atoms with Gasteiger partial charge in [-0.2, -0.15) is 0 Å². The molecular formula is C12H17NO2. The second kappa shape index (κ2) is 4.53. The van der Waals surface area contributed by atoms with Gasteiger partial charge in [-0.1, -0.05) is 12.1 Å². The van der Waals surface area contributed by atoms with Crippen molar-refractivity contribution in [3.05, 3.63) is 24.3 Å². The molecule has 0 aliphatic carbocycles. The summed E-state index contributed by atoms with van der Waals surface area (Å²) in [7, 11) is 0. The van der Waals surface area contributed by atoms with E-state index >= 15 is 0 Å². The van der Waals surface area contributed by atoms with Gasteiger partial charge in [0.25, 0.3) is 0 Å². The van der Waals surface area contributed by atoms with Crippen molar-refractivity contribution in [3.8, 4) is 5.75 Å². The lowest BCUT2D eigenvalue weighted by Gasteiger charge is -2.33. The summed E-state index contributed by atoms with van der Waals surface area (Å²) in [6.07, 6.45) is 2.01. The van der Waals surface area contributed by atoms with Gasteiger partial charge >= 0.3 is 0 Å². The molecule has 1 heterocycles. The molecule has 0 aromatic heterocycles. The number of phenolic OH excluding ortho intramolecular Hbond substituents is 1. The minimum absolute atomic E-state index is 0.286. The van der Waals surface area contributed by atoms with E-state index in [4.69, 9.17) is 5.11 Å². The number of phenols is 1. The Morgan fingerprint density at radius 2 is 1.87 bits per heavy atom. The van der Waals surface area contributed by atoms with Crippen molar-refractivity contribution in [3.63, 3.8) is 0 Å². The Bertz CT molecular complexity index is 319. The van der Waals surface area contributed by atoms with E-state index in [0.717, 1.165) is 31.6 Å². The van der Waals surface area contributed by atoms with Crippen molar-refractivity contribution in [2.45, 2.75) is 12.8 Å². The molecule has 0 saturated carbocycles. The highest BCUT2D eigenvalue weighted by Gasteiger charge is 2.19. The second-order valence-electron chi connectivity index (χ2n) is 4.10. The number of benzene rings is 1. The maximum absolute atomic E-state index is 9.69. The molecule has 1 aliphatic heterocycles. The van der Waals surface area contributed by atoms with Gasteiger partial charge in [-0.3, -0.25) is 0 Å². The molecule has 1 aromatic carbocycles. The van der Waals surface area contributed by atoms with E-state index in [2.05, 4.69) is 4.90 Å². The Morgan fingerprint density at radius 3 is 2.47 bits per heavy atom. The fourth-order valence-electron chi connectivity index (χ4n) is 2.09. The molecule has 2 N–H and O–H groups in total. The minimum Gasteiger partial charge on any atom is -0.506 e. The van der Waals surface area contributed by atoms with E-state index in [-0.39, 0.29) is 6.61 Å². The van der Waals surface area contributed by atoms with Gasteiger partial charge in [0, 0.05) is 19.7 Å². The SMILES string of the molecule is OCC1CCN(c2ccccc2O)CC1. The molecular weight excluding hydrogens is 190 g/mol. The summed E-state index contributed by atoms with van der Waals surface area (Å²) < 4.78 is 0. The van der Waals surface area contributed by atoms with Gasteiger partial charge in [-0.05, 0) is 30.9 Å². The van der Waals surface area contributed by atoms with Gasteiger partial charge in [0.15, 0.2) is 0 Å². The highest BCUT2D eigenvalue weighted by Crippen LogP contribution is 2.29. The largest absolute Gasteiger partial charge is 0.506 e. The lowest BCUT2D eigenvalue weighted by molar-refractivity contribution is 0.203. The highest BCUT2D eigenvalue weighted by atomic mass is 16.3. The van der Waals surface area contributed by atoms with E-state index in [9.17, 15) is 5.11 Å². The smallest absolute Gasteiger partial charge is 0.138 e. The number of aromatic hydroxyl groups is 1. The summed E-state index contributed by atoms with van der Waals surface area (Å²) >= 11 is 0. The van der Waals surface area contributed by atoms with Crippen LogP contribution in [-0.4, -0.2) is 29.9 Å². The number of piperidine rings is 1.